The summed E-state index contributed by atoms with van der Waals surface area (Å²) in [5, 5.41) is 0. The van der Waals surface area contributed by atoms with Gasteiger partial charge in [0.25, 0.3) is 0 Å². The van der Waals surface area contributed by atoms with Crippen molar-refractivity contribution in [1.82, 2.24) is 9.13 Å². The number of benzene rings is 1. The summed E-state index contributed by atoms with van der Waals surface area (Å²) < 4.78 is 9.15. The van der Waals surface area contributed by atoms with Gasteiger partial charge < -0.3 is 4.74 Å². The standard InChI is InChI=1S/C16H22N2O2/c1-17-14-10-4-7-12(15(14)18(2)16(17)19)6-3-8-13-9-5-11-20-13/h4,7,10,13H,3,5-6,8-9,11H2,1-2H3/t13-/m1/s1. The van der Waals surface area contributed by atoms with Crippen LogP contribution in [0.2, 0.25) is 0 Å². The summed E-state index contributed by atoms with van der Waals surface area (Å²) in [6, 6.07) is 6.20. The summed E-state index contributed by atoms with van der Waals surface area (Å²) in [6.45, 7) is 0.924. The van der Waals surface area contributed by atoms with E-state index >= 15 is 0 Å². The largest absolute Gasteiger partial charge is 0.378 e. The molecular weight excluding hydrogens is 252 g/mol. The van der Waals surface area contributed by atoms with Gasteiger partial charge in [-0.2, -0.15) is 0 Å². The monoisotopic (exact) mass is 274 g/mol. The Morgan fingerprint density at radius 2 is 2.15 bits per heavy atom. The highest BCUT2D eigenvalue weighted by molar-refractivity contribution is 5.79. The molecule has 108 valence electrons. The lowest BCUT2D eigenvalue weighted by Gasteiger charge is -2.09. The molecule has 1 atom stereocenters. The minimum Gasteiger partial charge on any atom is -0.378 e. The van der Waals surface area contributed by atoms with Gasteiger partial charge in [0.15, 0.2) is 0 Å². The minimum atomic E-state index is 0.0478. The van der Waals surface area contributed by atoms with Crippen LogP contribution in [0.1, 0.15) is 31.2 Å². The molecule has 0 aliphatic carbocycles. The normalized spacial score (nSPS) is 19.0. The third kappa shape index (κ3) is 2.29. The van der Waals surface area contributed by atoms with Crippen molar-refractivity contribution in [3.8, 4) is 0 Å². The first-order valence-electron chi connectivity index (χ1n) is 7.43. The van der Waals surface area contributed by atoms with Gasteiger partial charge in [-0.3, -0.25) is 9.13 Å². The van der Waals surface area contributed by atoms with E-state index in [0.717, 1.165) is 36.9 Å². The molecule has 0 spiro atoms. The molecule has 1 aliphatic heterocycles. The van der Waals surface area contributed by atoms with Crippen molar-refractivity contribution in [1.29, 1.82) is 0 Å². The van der Waals surface area contributed by atoms with Crippen molar-refractivity contribution in [3.63, 3.8) is 0 Å². The highest BCUT2D eigenvalue weighted by Gasteiger charge is 2.16. The molecular formula is C16H22N2O2. The number of aryl methyl sites for hydroxylation is 3. The maximum absolute atomic E-state index is 12.0. The summed E-state index contributed by atoms with van der Waals surface area (Å²) in [4.78, 5) is 12.0. The Balaban J connectivity index is 1.80. The van der Waals surface area contributed by atoms with Gasteiger partial charge in [0.05, 0.1) is 17.1 Å². The highest BCUT2D eigenvalue weighted by atomic mass is 16.5. The molecule has 4 heteroatoms. The second kappa shape index (κ2) is 5.44. The molecule has 1 fully saturated rings. The number of imidazole rings is 1. The number of ether oxygens (including phenoxy) is 1. The quantitative estimate of drug-likeness (QED) is 0.858. The summed E-state index contributed by atoms with van der Waals surface area (Å²) in [6.07, 6.45) is 6.11. The van der Waals surface area contributed by atoms with Crippen molar-refractivity contribution in [2.24, 2.45) is 14.1 Å². The van der Waals surface area contributed by atoms with Crippen LogP contribution in [0.15, 0.2) is 23.0 Å². The van der Waals surface area contributed by atoms with Crippen molar-refractivity contribution in [2.75, 3.05) is 6.61 Å². The maximum Gasteiger partial charge on any atom is 0.328 e. The zero-order valence-corrected chi connectivity index (χ0v) is 12.3. The van der Waals surface area contributed by atoms with Crippen LogP contribution in [0.3, 0.4) is 0 Å². The van der Waals surface area contributed by atoms with Crippen LogP contribution < -0.4 is 5.69 Å². The van der Waals surface area contributed by atoms with Crippen LogP contribution in [-0.2, 0) is 25.3 Å². The molecule has 1 aromatic heterocycles. The number of hydrogen-bond acceptors (Lipinski definition) is 2. The first kappa shape index (κ1) is 13.4. The molecule has 1 aliphatic rings. The number of hydrogen-bond donors (Lipinski definition) is 0. The average molecular weight is 274 g/mol. The summed E-state index contributed by atoms with van der Waals surface area (Å²) in [7, 11) is 3.69. The van der Waals surface area contributed by atoms with Crippen molar-refractivity contribution in [2.45, 2.75) is 38.2 Å². The molecule has 2 heterocycles. The van der Waals surface area contributed by atoms with E-state index in [4.69, 9.17) is 4.74 Å². The van der Waals surface area contributed by atoms with Gasteiger partial charge in [-0.1, -0.05) is 12.1 Å². The zero-order chi connectivity index (χ0) is 14.1. The lowest BCUT2D eigenvalue weighted by atomic mass is 10.0. The van der Waals surface area contributed by atoms with Gasteiger partial charge in [0.2, 0.25) is 0 Å². The van der Waals surface area contributed by atoms with E-state index in [-0.39, 0.29) is 5.69 Å². The van der Waals surface area contributed by atoms with E-state index in [1.54, 1.807) is 9.13 Å². The molecule has 2 aromatic rings. The lowest BCUT2D eigenvalue weighted by Crippen LogP contribution is -2.19. The zero-order valence-electron chi connectivity index (χ0n) is 12.3. The fourth-order valence-corrected chi connectivity index (χ4v) is 3.25. The molecule has 0 N–H and O–H groups in total. The SMILES string of the molecule is Cn1c(=O)n(C)c2c(CCC[C@@H]3CCCO3)cccc21. The second-order valence-corrected chi connectivity index (χ2v) is 5.71. The third-order valence-electron chi connectivity index (χ3n) is 4.37. The molecule has 3 rings (SSSR count). The van der Waals surface area contributed by atoms with Crippen LogP contribution in [0, 0.1) is 0 Å². The Morgan fingerprint density at radius 3 is 2.90 bits per heavy atom. The number of fused-ring (bicyclic) bond motifs is 1. The van der Waals surface area contributed by atoms with Gasteiger partial charge in [-0.15, -0.1) is 0 Å². The predicted molar refractivity (Wildman–Crippen MR) is 80.1 cm³/mol. The number of para-hydroxylation sites is 1. The van der Waals surface area contributed by atoms with E-state index in [1.807, 2.05) is 26.2 Å². The lowest BCUT2D eigenvalue weighted by molar-refractivity contribution is 0.102. The molecule has 0 saturated carbocycles. The first-order chi connectivity index (χ1) is 9.68. The van der Waals surface area contributed by atoms with Gasteiger partial charge in [0.1, 0.15) is 0 Å². The molecule has 4 nitrogen and oxygen atoms in total. The van der Waals surface area contributed by atoms with Gasteiger partial charge in [-0.25, -0.2) is 4.79 Å². The fourth-order valence-electron chi connectivity index (χ4n) is 3.25. The maximum atomic E-state index is 12.0. The van der Waals surface area contributed by atoms with E-state index in [9.17, 15) is 4.79 Å². The van der Waals surface area contributed by atoms with Crippen molar-refractivity contribution in [3.05, 3.63) is 34.2 Å². The van der Waals surface area contributed by atoms with Crippen molar-refractivity contribution >= 4 is 11.0 Å². The van der Waals surface area contributed by atoms with Gasteiger partial charge >= 0.3 is 5.69 Å². The number of rotatable bonds is 4. The molecule has 1 saturated heterocycles. The van der Waals surface area contributed by atoms with Crippen LogP contribution in [-0.4, -0.2) is 21.8 Å². The highest BCUT2D eigenvalue weighted by Crippen LogP contribution is 2.21. The van der Waals surface area contributed by atoms with Crippen LogP contribution in [0.5, 0.6) is 0 Å². The Kier molecular flexibility index (Phi) is 3.66. The summed E-state index contributed by atoms with van der Waals surface area (Å²) in [5.74, 6) is 0. The summed E-state index contributed by atoms with van der Waals surface area (Å²) in [5.41, 5.74) is 3.41. The topological polar surface area (TPSA) is 36.2 Å². The van der Waals surface area contributed by atoms with E-state index in [0.29, 0.717) is 6.10 Å². The van der Waals surface area contributed by atoms with Gasteiger partial charge in [-0.05, 0) is 43.7 Å². The average Bonchev–Trinajstić information content (AvgIpc) is 3.04. The number of aromatic nitrogens is 2. The number of nitrogens with zero attached hydrogens (tertiary/aromatic N) is 2. The first-order valence-corrected chi connectivity index (χ1v) is 7.43. The van der Waals surface area contributed by atoms with Crippen LogP contribution in [0.4, 0.5) is 0 Å². The molecule has 0 unspecified atom stereocenters. The molecule has 0 radical (unpaired) electrons. The Morgan fingerprint density at radius 1 is 1.30 bits per heavy atom. The third-order valence-corrected chi connectivity index (χ3v) is 4.37. The molecule has 20 heavy (non-hydrogen) atoms. The Bertz CT molecular complexity index is 663. The second-order valence-electron chi connectivity index (χ2n) is 5.71. The molecule has 1 aromatic carbocycles. The fraction of sp³-hybridized carbons (Fsp3) is 0.562. The van der Waals surface area contributed by atoms with Crippen molar-refractivity contribution < 1.29 is 4.74 Å². The molecule has 0 amide bonds. The Hall–Kier alpha value is -1.55. The minimum absolute atomic E-state index is 0.0478. The van der Waals surface area contributed by atoms with Crippen LogP contribution in [0.25, 0.3) is 11.0 Å². The van der Waals surface area contributed by atoms with E-state index in [2.05, 4.69) is 6.07 Å². The summed E-state index contributed by atoms with van der Waals surface area (Å²) >= 11 is 0. The van der Waals surface area contributed by atoms with E-state index < -0.39 is 0 Å². The smallest absolute Gasteiger partial charge is 0.328 e. The van der Waals surface area contributed by atoms with Gasteiger partial charge in [0, 0.05) is 20.7 Å². The molecule has 0 bridgehead atoms. The van der Waals surface area contributed by atoms with E-state index in [1.165, 1.54) is 18.4 Å². The van der Waals surface area contributed by atoms with Crippen LogP contribution >= 0.6 is 0 Å². The Labute approximate surface area is 119 Å². The predicted octanol–water partition coefficient (Wildman–Crippen LogP) is 2.38.